The molecule has 0 atom stereocenters. The zero-order valence-electron chi connectivity index (χ0n) is 4.20. The van der Waals surface area contributed by atoms with Crippen LogP contribution in [0.25, 0.3) is 0 Å². The molecule has 0 bridgehead atoms. The lowest BCUT2D eigenvalue weighted by atomic mass is 10.7. The number of rotatable bonds is 2. The fourth-order valence-corrected chi connectivity index (χ4v) is 1.99. The lowest BCUT2D eigenvalue weighted by molar-refractivity contribution is -0.116. The summed E-state index contributed by atoms with van der Waals surface area (Å²) in [7, 11) is 0. The Morgan fingerprint density at radius 3 is 2.89 bits per heavy atom. The van der Waals surface area contributed by atoms with Crippen LogP contribution in [-0.2, 0) is 4.33 Å². The van der Waals surface area contributed by atoms with Gasteiger partial charge in [-0.2, -0.15) is 4.33 Å². The first-order chi connectivity index (χ1) is 4.33. The number of hydrogen-bond donors (Lipinski definition) is 1. The van der Waals surface area contributed by atoms with Crippen LogP contribution in [0.1, 0.15) is 0 Å². The van der Waals surface area contributed by atoms with Crippen molar-refractivity contribution in [3.05, 3.63) is 16.5 Å². The van der Waals surface area contributed by atoms with E-state index in [-0.39, 0.29) is 0 Å². The van der Waals surface area contributed by atoms with E-state index in [4.69, 9.17) is 16.9 Å². The van der Waals surface area contributed by atoms with Crippen LogP contribution in [0.3, 0.4) is 0 Å². The first-order valence-corrected chi connectivity index (χ1v) is 4.00. The predicted octanol–water partition coefficient (Wildman–Crippen LogP) is 2.90. The van der Waals surface area contributed by atoms with Crippen LogP contribution in [0.5, 0.6) is 0 Å². The Balaban J connectivity index is 2.61. The molecule has 5 heteroatoms. The maximum Gasteiger partial charge on any atom is 0.0941 e. The average molecular weight is 183 g/mol. The van der Waals surface area contributed by atoms with Crippen LogP contribution < -0.4 is 0 Å². The third kappa shape index (κ3) is 2.15. The van der Waals surface area contributed by atoms with Crippen LogP contribution in [0.15, 0.2) is 16.3 Å². The highest BCUT2D eigenvalue weighted by Gasteiger charge is 1.96. The molecule has 0 spiro atoms. The Kier molecular flexibility index (Phi) is 2.81. The summed E-state index contributed by atoms with van der Waals surface area (Å²) >= 11 is 7.81. The molecular weight excluding hydrogens is 180 g/mol. The average Bonchev–Trinajstić information content (AvgIpc) is 2.17. The minimum absolute atomic E-state index is 0.689. The van der Waals surface area contributed by atoms with Gasteiger partial charge in [0.2, 0.25) is 0 Å². The van der Waals surface area contributed by atoms with Crippen LogP contribution in [0, 0.1) is 0 Å². The van der Waals surface area contributed by atoms with E-state index in [9.17, 15) is 0 Å². The molecule has 0 saturated heterocycles. The Bertz CT molecular complexity index is 188. The molecule has 0 aliphatic carbocycles. The van der Waals surface area contributed by atoms with Gasteiger partial charge in [-0.05, 0) is 12.1 Å². The summed E-state index contributed by atoms with van der Waals surface area (Å²) < 4.78 is 5.33. The first kappa shape index (κ1) is 7.37. The van der Waals surface area contributed by atoms with Crippen molar-refractivity contribution in [2.45, 2.75) is 4.21 Å². The number of hydrogen-bond acceptors (Lipinski definition) is 4. The second-order valence-corrected chi connectivity index (χ2v) is 3.95. The highest BCUT2D eigenvalue weighted by atomic mass is 35.5. The molecule has 0 aromatic carbocycles. The summed E-state index contributed by atoms with van der Waals surface area (Å²) in [5, 5.41) is 7.96. The van der Waals surface area contributed by atoms with Crippen molar-refractivity contribution < 1.29 is 9.59 Å². The fraction of sp³-hybridized carbons (Fsp3) is 0. The van der Waals surface area contributed by atoms with E-state index in [2.05, 4.69) is 4.33 Å². The molecule has 50 valence electrons. The van der Waals surface area contributed by atoms with Crippen molar-refractivity contribution >= 4 is 35.0 Å². The molecule has 1 heterocycles. The van der Waals surface area contributed by atoms with Crippen LogP contribution in [-0.4, -0.2) is 5.26 Å². The van der Waals surface area contributed by atoms with Crippen molar-refractivity contribution in [1.29, 1.82) is 0 Å². The zero-order valence-corrected chi connectivity index (χ0v) is 6.59. The van der Waals surface area contributed by atoms with Crippen molar-refractivity contribution in [2.75, 3.05) is 0 Å². The smallest absolute Gasteiger partial charge is 0.0941 e. The summed E-state index contributed by atoms with van der Waals surface area (Å²) in [6.45, 7) is 0. The summed E-state index contributed by atoms with van der Waals surface area (Å²) in [4.78, 5) is 0. The molecule has 9 heavy (non-hydrogen) atoms. The molecule has 0 unspecified atom stereocenters. The van der Waals surface area contributed by atoms with E-state index < -0.39 is 0 Å². The Morgan fingerprint density at radius 1 is 1.67 bits per heavy atom. The fourth-order valence-electron chi connectivity index (χ4n) is 0.379. The molecule has 0 amide bonds. The van der Waals surface area contributed by atoms with Gasteiger partial charge in [0.25, 0.3) is 0 Å². The van der Waals surface area contributed by atoms with Crippen molar-refractivity contribution in [3.8, 4) is 0 Å². The Hall–Kier alpha value is 0.260. The van der Waals surface area contributed by atoms with Gasteiger partial charge in [-0.1, -0.05) is 11.6 Å². The third-order valence-corrected chi connectivity index (χ3v) is 2.52. The van der Waals surface area contributed by atoms with Gasteiger partial charge in [-0.15, -0.1) is 11.3 Å². The standard InChI is InChI=1S/C4H3ClO2S2/c5-3-1-2-4(8-3)9-7-6/h1-2,6H. The molecule has 1 aromatic rings. The topological polar surface area (TPSA) is 29.5 Å². The van der Waals surface area contributed by atoms with Gasteiger partial charge in [-0.25, -0.2) is 5.26 Å². The van der Waals surface area contributed by atoms with Gasteiger partial charge < -0.3 is 0 Å². The van der Waals surface area contributed by atoms with Gasteiger partial charge in [0, 0.05) is 0 Å². The van der Waals surface area contributed by atoms with Crippen LogP contribution in [0.4, 0.5) is 0 Å². The lowest BCUT2D eigenvalue weighted by Crippen LogP contribution is -1.61. The van der Waals surface area contributed by atoms with E-state index >= 15 is 0 Å². The summed E-state index contributed by atoms with van der Waals surface area (Å²) in [6, 6.07) is 3.52. The van der Waals surface area contributed by atoms with E-state index in [1.165, 1.54) is 11.3 Å². The van der Waals surface area contributed by atoms with Crippen molar-refractivity contribution in [1.82, 2.24) is 0 Å². The molecule has 1 aromatic heterocycles. The second kappa shape index (κ2) is 3.43. The normalized spacial score (nSPS) is 10.0. The van der Waals surface area contributed by atoms with Gasteiger partial charge in [-0.3, -0.25) is 0 Å². The molecular formula is C4H3ClO2S2. The molecule has 1 rings (SSSR count). The minimum Gasteiger partial charge on any atom is -0.239 e. The summed E-state index contributed by atoms with van der Waals surface area (Å²) in [5.74, 6) is 0. The Morgan fingerprint density at radius 2 is 2.44 bits per heavy atom. The van der Waals surface area contributed by atoms with E-state index in [1.807, 2.05) is 0 Å². The summed E-state index contributed by atoms with van der Waals surface area (Å²) in [6.07, 6.45) is 0. The molecule has 0 aliphatic rings. The SMILES string of the molecule is OOSc1ccc(Cl)s1. The van der Waals surface area contributed by atoms with Crippen LogP contribution in [0.2, 0.25) is 4.34 Å². The highest BCUT2D eigenvalue weighted by Crippen LogP contribution is 2.29. The molecule has 0 aliphatic heterocycles. The van der Waals surface area contributed by atoms with Gasteiger partial charge in [0.15, 0.2) is 0 Å². The molecule has 2 nitrogen and oxygen atoms in total. The molecule has 0 saturated carbocycles. The van der Waals surface area contributed by atoms with Crippen molar-refractivity contribution in [3.63, 3.8) is 0 Å². The lowest BCUT2D eigenvalue weighted by Gasteiger charge is -1.84. The molecule has 1 N–H and O–H groups in total. The molecule has 0 fully saturated rings. The maximum absolute atomic E-state index is 7.96. The monoisotopic (exact) mass is 182 g/mol. The number of thiophene rings is 1. The second-order valence-electron chi connectivity index (χ2n) is 1.22. The summed E-state index contributed by atoms with van der Waals surface area (Å²) in [5.41, 5.74) is 0. The quantitative estimate of drug-likeness (QED) is 0.433. The first-order valence-electron chi connectivity index (χ1n) is 2.06. The van der Waals surface area contributed by atoms with E-state index in [1.54, 1.807) is 12.1 Å². The van der Waals surface area contributed by atoms with E-state index in [0.29, 0.717) is 4.34 Å². The van der Waals surface area contributed by atoms with Gasteiger partial charge in [0.1, 0.15) is 0 Å². The Labute approximate surface area is 65.5 Å². The van der Waals surface area contributed by atoms with E-state index in [0.717, 1.165) is 16.3 Å². The highest BCUT2D eigenvalue weighted by molar-refractivity contribution is 7.96. The third-order valence-electron chi connectivity index (χ3n) is 0.668. The predicted molar refractivity (Wildman–Crippen MR) is 38.9 cm³/mol. The van der Waals surface area contributed by atoms with Gasteiger partial charge in [0.05, 0.1) is 20.6 Å². The maximum atomic E-state index is 7.96. The zero-order chi connectivity index (χ0) is 6.69. The number of halogens is 1. The molecule has 0 radical (unpaired) electrons. The minimum atomic E-state index is 0.689. The van der Waals surface area contributed by atoms with Gasteiger partial charge >= 0.3 is 0 Å². The van der Waals surface area contributed by atoms with Crippen LogP contribution >= 0.6 is 35.0 Å². The largest absolute Gasteiger partial charge is 0.239 e. The van der Waals surface area contributed by atoms with Crippen molar-refractivity contribution in [2.24, 2.45) is 0 Å².